The lowest BCUT2D eigenvalue weighted by Crippen LogP contribution is -2.07. The molecule has 0 unspecified atom stereocenters. The fourth-order valence-electron chi connectivity index (χ4n) is 2.59. The Bertz CT molecular complexity index is 917. The number of methoxy groups -OCH3 is 1. The van der Waals surface area contributed by atoms with Gasteiger partial charge < -0.3 is 14.8 Å². The highest BCUT2D eigenvalue weighted by molar-refractivity contribution is 9.10. The van der Waals surface area contributed by atoms with Crippen LogP contribution in [0.5, 0.6) is 11.5 Å². The third-order valence-electron chi connectivity index (χ3n) is 4.03. The van der Waals surface area contributed by atoms with Gasteiger partial charge in [0.05, 0.1) is 7.11 Å². The Labute approximate surface area is 165 Å². The molecule has 0 aliphatic rings. The normalized spacial score (nSPS) is 10.5. The van der Waals surface area contributed by atoms with Gasteiger partial charge in [-0.3, -0.25) is 0 Å². The van der Waals surface area contributed by atoms with Gasteiger partial charge in [0, 0.05) is 27.8 Å². The van der Waals surface area contributed by atoms with E-state index in [1.165, 1.54) is 18.2 Å². The van der Waals surface area contributed by atoms with Crippen molar-refractivity contribution >= 4 is 21.6 Å². The van der Waals surface area contributed by atoms with Crippen LogP contribution in [0.3, 0.4) is 0 Å². The average molecular weight is 434 g/mol. The van der Waals surface area contributed by atoms with Gasteiger partial charge in [-0.2, -0.15) is 0 Å². The lowest BCUT2D eigenvalue weighted by molar-refractivity contribution is 0.276. The molecule has 0 saturated heterocycles. The van der Waals surface area contributed by atoms with Crippen LogP contribution in [0.1, 0.15) is 11.1 Å². The van der Waals surface area contributed by atoms with Crippen molar-refractivity contribution in [2.75, 3.05) is 12.4 Å². The van der Waals surface area contributed by atoms with E-state index >= 15 is 0 Å². The zero-order valence-corrected chi connectivity index (χ0v) is 16.2. The Hall–Kier alpha value is -2.60. The van der Waals surface area contributed by atoms with Crippen molar-refractivity contribution in [1.29, 1.82) is 0 Å². The topological polar surface area (TPSA) is 30.5 Å². The summed E-state index contributed by atoms with van der Waals surface area (Å²) in [5.41, 5.74) is 2.04. The minimum atomic E-state index is -0.322. The number of anilines is 1. The minimum absolute atomic E-state index is 0.0725. The Morgan fingerprint density at radius 1 is 0.963 bits per heavy atom. The first-order valence-electron chi connectivity index (χ1n) is 8.29. The van der Waals surface area contributed by atoms with E-state index in [4.69, 9.17) is 9.47 Å². The van der Waals surface area contributed by atoms with Crippen LogP contribution in [0.15, 0.2) is 65.1 Å². The van der Waals surface area contributed by atoms with E-state index in [0.29, 0.717) is 23.6 Å². The van der Waals surface area contributed by atoms with Crippen molar-refractivity contribution in [3.05, 3.63) is 87.9 Å². The van der Waals surface area contributed by atoms with E-state index in [9.17, 15) is 8.78 Å². The SMILES string of the molecule is COc1ccc(Br)c(CNc2ccc(F)cc2)c1OCc1ccccc1F. The molecule has 0 atom stereocenters. The Morgan fingerprint density at radius 3 is 2.41 bits per heavy atom. The second kappa shape index (κ2) is 8.86. The van der Waals surface area contributed by atoms with Gasteiger partial charge in [-0.25, -0.2) is 8.78 Å². The molecule has 0 aromatic heterocycles. The molecule has 0 aliphatic carbocycles. The Morgan fingerprint density at radius 2 is 1.70 bits per heavy atom. The summed E-state index contributed by atoms with van der Waals surface area (Å²) in [5, 5.41) is 3.22. The first kappa shape index (κ1) is 19.2. The number of ether oxygens (including phenoxy) is 2. The van der Waals surface area contributed by atoms with Crippen LogP contribution in [0, 0.1) is 11.6 Å². The van der Waals surface area contributed by atoms with Crippen LogP contribution in [0.25, 0.3) is 0 Å². The molecule has 27 heavy (non-hydrogen) atoms. The van der Waals surface area contributed by atoms with E-state index in [1.807, 2.05) is 6.07 Å². The molecule has 3 rings (SSSR count). The van der Waals surface area contributed by atoms with E-state index < -0.39 is 0 Å². The smallest absolute Gasteiger partial charge is 0.167 e. The largest absolute Gasteiger partial charge is 0.493 e. The summed E-state index contributed by atoms with van der Waals surface area (Å²) >= 11 is 3.53. The predicted molar refractivity (Wildman–Crippen MR) is 105 cm³/mol. The molecule has 6 heteroatoms. The number of benzene rings is 3. The molecule has 3 nitrogen and oxygen atoms in total. The molecule has 0 saturated carbocycles. The highest BCUT2D eigenvalue weighted by Crippen LogP contribution is 2.37. The third kappa shape index (κ3) is 4.77. The van der Waals surface area contributed by atoms with E-state index in [0.717, 1.165) is 15.7 Å². The molecular weight excluding hydrogens is 416 g/mol. The molecule has 0 heterocycles. The van der Waals surface area contributed by atoms with E-state index in [1.54, 1.807) is 43.5 Å². The molecule has 3 aromatic carbocycles. The van der Waals surface area contributed by atoms with Gasteiger partial charge >= 0.3 is 0 Å². The van der Waals surface area contributed by atoms with Crippen molar-refractivity contribution in [1.82, 2.24) is 0 Å². The van der Waals surface area contributed by atoms with Gasteiger partial charge in [0.25, 0.3) is 0 Å². The van der Waals surface area contributed by atoms with Gasteiger partial charge in [-0.1, -0.05) is 34.1 Å². The van der Waals surface area contributed by atoms with Crippen LogP contribution in [-0.2, 0) is 13.2 Å². The van der Waals surface area contributed by atoms with Gasteiger partial charge in [-0.05, 0) is 42.5 Å². The minimum Gasteiger partial charge on any atom is -0.493 e. The lowest BCUT2D eigenvalue weighted by atomic mass is 10.1. The van der Waals surface area contributed by atoms with Crippen molar-refractivity contribution in [3.63, 3.8) is 0 Å². The summed E-state index contributed by atoms with van der Waals surface area (Å²) < 4.78 is 39.1. The Balaban J connectivity index is 1.83. The summed E-state index contributed by atoms with van der Waals surface area (Å²) in [6, 6.07) is 16.2. The van der Waals surface area contributed by atoms with E-state index in [-0.39, 0.29) is 18.2 Å². The highest BCUT2D eigenvalue weighted by Gasteiger charge is 2.15. The van der Waals surface area contributed by atoms with Gasteiger partial charge in [0.1, 0.15) is 18.2 Å². The van der Waals surface area contributed by atoms with Gasteiger partial charge in [0.15, 0.2) is 11.5 Å². The summed E-state index contributed by atoms with van der Waals surface area (Å²) in [6.45, 7) is 0.485. The van der Waals surface area contributed by atoms with E-state index in [2.05, 4.69) is 21.2 Å². The molecule has 1 N–H and O–H groups in total. The molecule has 0 spiro atoms. The third-order valence-corrected chi connectivity index (χ3v) is 4.77. The average Bonchev–Trinajstić information content (AvgIpc) is 2.68. The van der Waals surface area contributed by atoms with Gasteiger partial charge in [-0.15, -0.1) is 0 Å². The summed E-state index contributed by atoms with van der Waals surface area (Å²) in [5.74, 6) is 0.449. The summed E-state index contributed by atoms with van der Waals surface area (Å²) in [6.07, 6.45) is 0. The maximum absolute atomic E-state index is 13.9. The standard InChI is InChI=1S/C21H18BrF2NO2/c1-26-20-11-10-18(22)17(12-25-16-8-6-15(23)7-9-16)21(20)27-13-14-4-2-3-5-19(14)24/h2-11,25H,12-13H2,1H3. The first-order chi connectivity index (χ1) is 13.1. The highest BCUT2D eigenvalue weighted by atomic mass is 79.9. The zero-order valence-electron chi connectivity index (χ0n) is 14.6. The first-order valence-corrected chi connectivity index (χ1v) is 9.09. The van der Waals surface area contributed by atoms with Crippen LogP contribution in [0.2, 0.25) is 0 Å². The maximum atomic E-state index is 13.9. The van der Waals surface area contributed by atoms with Crippen LogP contribution >= 0.6 is 15.9 Å². The number of nitrogens with one attached hydrogen (secondary N) is 1. The summed E-state index contributed by atoms with van der Waals surface area (Å²) in [7, 11) is 1.55. The van der Waals surface area contributed by atoms with Crippen molar-refractivity contribution in [2.24, 2.45) is 0 Å². The molecular formula is C21H18BrF2NO2. The number of halogens is 3. The molecule has 0 fully saturated rings. The Kier molecular flexibility index (Phi) is 6.29. The second-order valence-corrected chi connectivity index (χ2v) is 6.65. The maximum Gasteiger partial charge on any atom is 0.167 e. The monoisotopic (exact) mass is 433 g/mol. The number of hydrogen-bond donors (Lipinski definition) is 1. The number of hydrogen-bond acceptors (Lipinski definition) is 3. The van der Waals surface area contributed by atoms with Crippen LogP contribution in [0.4, 0.5) is 14.5 Å². The van der Waals surface area contributed by atoms with Crippen molar-refractivity contribution < 1.29 is 18.3 Å². The molecule has 140 valence electrons. The quantitative estimate of drug-likeness (QED) is 0.500. The second-order valence-electron chi connectivity index (χ2n) is 5.80. The molecule has 0 amide bonds. The van der Waals surface area contributed by atoms with Crippen LogP contribution < -0.4 is 14.8 Å². The van der Waals surface area contributed by atoms with Gasteiger partial charge in [0.2, 0.25) is 0 Å². The number of rotatable bonds is 7. The fourth-order valence-corrected chi connectivity index (χ4v) is 3.04. The zero-order chi connectivity index (χ0) is 19.2. The van der Waals surface area contributed by atoms with Crippen molar-refractivity contribution in [3.8, 4) is 11.5 Å². The predicted octanol–water partition coefficient (Wildman–Crippen LogP) is 5.93. The molecule has 0 radical (unpaired) electrons. The molecule has 3 aromatic rings. The van der Waals surface area contributed by atoms with Crippen LogP contribution in [-0.4, -0.2) is 7.11 Å². The molecule has 0 bridgehead atoms. The summed E-state index contributed by atoms with van der Waals surface area (Å²) in [4.78, 5) is 0. The lowest BCUT2D eigenvalue weighted by Gasteiger charge is -2.18. The fraction of sp³-hybridized carbons (Fsp3) is 0.143. The van der Waals surface area contributed by atoms with Crippen molar-refractivity contribution in [2.45, 2.75) is 13.2 Å². The molecule has 0 aliphatic heterocycles.